The summed E-state index contributed by atoms with van der Waals surface area (Å²) < 4.78 is 0. The van der Waals surface area contributed by atoms with Crippen molar-refractivity contribution < 1.29 is 14.7 Å². The first-order valence-electron chi connectivity index (χ1n) is 5.46. The standard InChI is InChI=1S/C11H19NO3/c1-8(13)7-11(15)12-5-3-10(4-6-12)9(2)14/h9-10,14H,3-7H2,1-2H3. The molecule has 1 unspecified atom stereocenters. The van der Waals surface area contributed by atoms with Crippen molar-refractivity contribution in [1.29, 1.82) is 0 Å². The van der Waals surface area contributed by atoms with Gasteiger partial charge in [0.05, 0.1) is 12.5 Å². The number of rotatable bonds is 3. The molecule has 86 valence electrons. The lowest BCUT2D eigenvalue weighted by Gasteiger charge is -2.33. The Bertz CT molecular complexity index is 242. The molecule has 0 saturated carbocycles. The van der Waals surface area contributed by atoms with Crippen molar-refractivity contribution in [3.05, 3.63) is 0 Å². The molecule has 0 aromatic rings. The number of carbonyl (C=O) groups is 2. The zero-order valence-corrected chi connectivity index (χ0v) is 9.40. The Balaban J connectivity index is 2.37. The van der Waals surface area contributed by atoms with E-state index < -0.39 is 0 Å². The maximum atomic E-state index is 11.5. The lowest BCUT2D eigenvalue weighted by Crippen LogP contribution is -2.41. The highest BCUT2D eigenvalue weighted by molar-refractivity contribution is 5.96. The van der Waals surface area contributed by atoms with E-state index in [1.807, 2.05) is 0 Å². The molecular weight excluding hydrogens is 194 g/mol. The average molecular weight is 213 g/mol. The Morgan fingerprint density at radius 1 is 1.40 bits per heavy atom. The van der Waals surface area contributed by atoms with Crippen molar-refractivity contribution in [3.8, 4) is 0 Å². The Kier molecular flexibility index (Phi) is 4.27. The SMILES string of the molecule is CC(=O)CC(=O)N1CCC(C(C)O)CC1. The van der Waals surface area contributed by atoms with E-state index in [2.05, 4.69) is 0 Å². The van der Waals surface area contributed by atoms with E-state index in [4.69, 9.17) is 0 Å². The maximum Gasteiger partial charge on any atom is 0.230 e. The van der Waals surface area contributed by atoms with Crippen molar-refractivity contribution in [2.24, 2.45) is 5.92 Å². The second kappa shape index (κ2) is 5.26. The quantitative estimate of drug-likeness (QED) is 0.698. The number of amides is 1. The zero-order chi connectivity index (χ0) is 11.4. The number of aliphatic hydroxyl groups excluding tert-OH is 1. The number of carbonyl (C=O) groups excluding carboxylic acids is 2. The summed E-state index contributed by atoms with van der Waals surface area (Å²) in [6, 6.07) is 0. The van der Waals surface area contributed by atoms with E-state index in [-0.39, 0.29) is 24.2 Å². The number of nitrogens with zero attached hydrogens (tertiary/aromatic N) is 1. The van der Waals surface area contributed by atoms with Crippen LogP contribution in [0.2, 0.25) is 0 Å². The average Bonchev–Trinajstić information content (AvgIpc) is 2.17. The topological polar surface area (TPSA) is 57.6 Å². The molecule has 1 N–H and O–H groups in total. The molecule has 1 rings (SSSR count). The molecule has 0 radical (unpaired) electrons. The summed E-state index contributed by atoms with van der Waals surface area (Å²) in [5.74, 6) is 0.135. The maximum absolute atomic E-state index is 11.5. The smallest absolute Gasteiger partial charge is 0.230 e. The molecule has 0 bridgehead atoms. The van der Waals surface area contributed by atoms with Crippen LogP contribution in [0, 0.1) is 5.92 Å². The molecule has 15 heavy (non-hydrogen) atoms. The fourth-order valence-corrected chi connectivity index (χ4v) is 1.96. The number of piperidine rings is 1. The minimum Gasteiger partial charge on any atom is -0.393 e. The van der Waals surface area contributed by atoms with Crippen molar-refractivity contribution in [2.75, 3.05) is 13.1 Å². The third kappa shape index (κ3) is 3.63. The van der Waals surface area contributed by atoms with Crippen LogP contribution < -0.4 is 0 Å². The van der Waals surface area contributed by atoms with Gasteiger partial charge in [-0.3, -0.25) is 9.59 Å². The van der Waals surface area contributed by atoms with Gasteiger partial charge in [0, 0.05) is 13.1 Å². The third-order valence-electron chi connectivity index (χ3n) is 2.97. The summed E-state index contributed by atoms with van der Waals surface area (Å²) in [5, 5.41) is 9.39. The van der Waals surface area contributed by atoms with E-state index in [1.165, 1.54) is 6.92 Å². The van der Waals surface area contributed by atoms with Crippen LogP contribution in [0.25, 0.3) is 0 Å². The Labute approximate surface area is 90.3 Å². The van der Waals surface area contributed by atoms with Gasteiger partial charge in [-0.2, -0.15) is 0 Å². The summed E-state index contributed by atoms with van der Waals surface area (Å²) >= 11 is 0. The van der Waals surface area contributed by atoms with Crippen molar-refractivity contribution in [2.45, 2.75) is 39.2 Å². The minimum absolute atomic E-state index is 0.0132. The number of hydrogen-bond donors (Lipinski definition) is 1. The van der Waals surface area contributed by atoms with Gasteiger partial charge in [0.15, 0.2) is 0 Å². The van der Waals surface area contributed by atoms with E-state index in [9.17, 15) is 14.7 Å². The van der Waals surface area contributed by atoms with Crippen LogP contribution in [0.5, 0.6) is 0 Å². The summed E-state index contributed by atoms with van der Waals surface area (Å²) in [6.07, 6.45) is 1.39. The second-order valence-electron chi connectivity index (χ2n) is 4.34. The fraction of sp³-hybridized carbons (Fsp3) is 0.818. The van der Waals surface area contributed by atoms with E-state index >= 15 is 0 Å². The van der Waals surface area contributed by atoms with Crippen molar-refractivity contribution in [3.63, 3.8) is 0 Å². The molecule has 1 atom stereocenters. The van der Waals surface area contributed by atoms with Crippen LogP contribution in [-0.4, -0.2) is 40.9 Å². The highest BCUT2D eigenvalue weighted by Gasteiger charge is 2.25. The van der Waals surface area contributed by atoms with Crippen molar-refractivity contribution >= 4 is 11.7 Å². The fourth-order valence-electron chi connectivity index (χ4n) is 1.96. The molecule has 1 heterocycles. The molecule has 1 fully saturated rings. The molecule has 0 aromatic heterocycles. The molecule has 0 aliphatic carbocycles. The molecule has 4 nitrogen and oxygen atoms in total. The van der Waals surface area contributed by atoms with Gasteiger partial charge in [-0.25, -0.2) is 0 Å². The lowest BCUT2D eigenvalue weighted by atomic mass is 9.92. The Morgan fingerprint density at radius 2 is 1.93 bits per heavy atom. The number of ketones is 1. The predicted molar refractivity (Wildman–Crippen MR) is 56.3 cm³/mol. The summed E-state index contributed by atoms with van der Waals surface area (Å²) in [6.45, 7) is 4.56. The molecule has 1 amide bonds. The monoisotopic (exact) mass is 213 g/mol. The van der Waals surface area contributed by atoms with Crippen molar-refractivity contribution in [1.82, 2.24) is 4.90 Å². The zero-order valence-electron chi connectivity index (χ0n) is 9.40. The first-order chi connectivity index (χ1) is 7.00. The van der Waals surface area contributed by atoms with E-state index in [0.717, 1.165) is 12.8 Å². The van der Waals surface area contributed by atoms with Gasteiger partial charge in [0.25, 0.3) is 0 Å². The largest absolute Gasteiger partial charge is 0.393 e. The first kappa shape index (κ1) is 12.2. The summed E-state index contributed by atoms with van der Waals surface area (Å²) in [4.78, 5) is 24.0. The van der Waals surface area contributed by atoms with Crippen LogP contribution >= 0.6 is 0 Å². The van der Waals surface area contributed by atoms with Crippen LogP contribution in [0.4, 0.5) is 0 Å². The number of aliphatic hydroxyl groups is 1. The van der Waals surface area contributed by atoms with Gasteiger partial charge in [-0.05, 0) is 32.6 Å². The molecule has 4 heteroatoms. The minimum atomic E-state index is -0.296. The number of Topliss-reactive ketones (excluding diaryl/α,β-unsaturated/α-hetero) is 1. The first-order valence-corrected chi connectivity index (χ1v) is 5.46. The molecule has 0 spiro atoms. The van der Waals surface area contributed by atoms with Gasteiger partial charge in [-0.1, -0.05) is 0 Å². The van der Waals surface area contributed by atoms with Crippen LogP contribution in [0.1, 0.15) is 33.1 Å². The third-order valence-corrected chi connectivity index (χ3v) is 2.97. The Hall–Kier alpha value is -0.900. The number of likely N-dealkylation sites (tertiary alicyclic amines) is 1. The Morgan fingerprint density at radius 3 is 2.33 bits per heavy atom. The molecule has 1 saturated heterocycles. The highest BCUT2D eigenvalue weighted by atomic mass is 16.3. The second-order valence-corrected chi connectivity index (χ2v) is 4.34. The summed E-state index contributed by atoms with van der Waals surface area (Å²) in [5.41, 5.74) is 0. The molecular formula is C11H19NO3. The predicted octanol–water partition coefficient (Wildman–Crippen LogP) is 0.585. The van der Waals surface area contributed by atoms with Gasteiger partial charge >= 0.3 is 0 Å². The summed E-state index contributed by atoms with van der Waals surface area (Å²) in [7, 11) is 0. The molecule has 0 aromatic carbocycles. The highest BCUT2D eigenvalue weighted by Crippen LogP contribution is 2.20. The molecule has 1 aliphatic rings. The van der Waals surface area contributed by atoms with E-state index in [0.29, 0.717) is 19.0 Å². The number of hydrogen-bond acceptors (Lipinski definition) is 3. The molecule has 1 aliphatic heterocycles. The van der Waals surface area contributed by atoms with Crippen LogP contribution in [0.15, 0.2) is 0 Å². The van der Waals surface area contributed by atoms with E-state index in [1.54, 1.807) is 11.8 Å². The van der Waals surface area contributed by atoms with Gasteiger partial charge in [0.1, 0.15) is 5.78 Å². The van der Waals surface area contributed by atoms with Gasteiger partial charge < -0.3 is 10.0 Å². The van der Waals surface area contributed by atoms with Crippen LogP contribution in [0.3, 0.4) is 0 Å². The van der Waals surface area contributed by atoms with Gasteiger partial charge in [0.2, 0.25) is 5.91 Å². The van der Waals surface area contributed by atoms with Gasteiger partial charge in [-0.15, -0.1) is 0 Å². The normalized spacial score (nSPS) is 20.1. The van der Waals surface area contributed by atoms with Crippen LogP contribution in [-0.2, 0) is 9.59 Å². The lowest BCUT2D eigenvalue weighted by molar-refractivity contribution is -0.136.